The van der Waals surface area contributed by atoms with E-state index < -0.39 is 24.2 Å². The smallest absolute Gasteiger partial charge is 0.225 e. The van der Waals surface area contributed by atoms with Crippen LogP contribution in [0.3, 0.4) is 0 Å². The van der Waals surface area contributed by atoms with Crippen LogP contribution in [0.15, 0.2) is 5.16 Å². The summed E-state index contributed by atoms with van der Waals surface area (Å²) in [6, 6.07) is -0.597. The summed E-state index contributed by atoms with van der Waals surface area (Å²) in [7, 11) is 0. The molecule has 4 N–H and O–H groups in total. The standard InChI is InChI=1S/C19H31N7O3S/c1-4-7-8-21-16-13-17(23-19(22-16)30-9-5-2)26(25-24-13)12-10-11(14(27)15(12)28)18(29)20-6-3/h11-12,14-15,27-28H,4-10H2,1-3H3,(H,20,29)(H,21,22,23)/t11-,12?,14?,15?/m0/s1. The molecule has 30 heavy (non-hydrogen) atoms. The van der Waals surface area contributed by atoms with E-state index in [-0.39, 0.29) is 12.3 Å². The minimum atomic E-state index is -1.17. The first-order valence-electron chi connectivity index (χ1n) is 10.6. The Hall–Kier alpha value is -1.98. The lowest BCUT2D eigenvalue weighted by Crippen LogP contribution is -2.38. The van der Waals surface area contributed by atoms with Crippen LogP contribution in [0, 0.1) is 5.92 Å². The number of thioether (sulfide) groups is 1. The van der Waals surface area contributed by atoms with Crippen LogP contribution in [0.5, 0.6) is 0 Å². The Balaban J connectivity index is 1.95. The summed E-state index contributed by atoms with van der Waals surface area (Å²) in [4.78, 5) is 21.5. The zero-order valence-corrected chi connectivity index (χ0v) is 18.5. The Morgan fingerprint density at radius 3 is 2.70 bits per heavy atom. The van der Waals surface area contributed by atoms with E-state index in [1.54, 1.807) is 11.8 Å². The van der Waals surface area contributed by atoms with Crippen LogP contribution >= 0.6 is 11.8 Å². The van der Waals surface area contributed by atoms with E-state index in [9.17, 15) is 15.0 Å². The molecular formula is C19H31N7O3S. The van der Waals surface area contributed by atoms with Crippen LogP contribution in [0.1, 0.15) is 52.5 Å². The number of carbonyl (C=O) groups excluding carboxylic acids is 1. The molecule has 3 unspecified atom stereocenters. The molecular weight excluding hydrogens is 406 g/mol. The highest BCUT2D eigenvalue weighted by atomic mass is 32.2. The van der Waals surface area contributed by atoms with Crippen molar-refractivity contribution in [3.63, 3.8) is 0 Å². The molecule has 0 aromatic carbocycles. The van der Waals surface area contributed by atoms with Gasteiger partial charge < -0.3 is 20.8 Å². The number of hydrogen-bond acceptors (Lipinski definition) is 9. The van der Waals surface area contributed by atoms with E-state index in [0.717, 1.165) is 31.6 Å². The zero-order valence-electron chi connectivity index (χ0n) is 17.7. The number of rotatable bonds is 10. The van der Waals surface area contributed by atoms with Gasteiger partial charge in [-0.1, -0.05) is 37.2 Å². The second kappa shape index (κ2) is 10.4. The molecule has 4 atom stereocenters. The lowest BCUT2D eigenvalue weighted by molar-refractivity contribution is -0.128. The van der Waals surface area contributed by atoms with E-state index >= 15 is 0 Å². The first-order valence-corrected chi connectivity index (χ1v) is 11.6. The number of aliphatic hydroxyl groups excluding tert-OH is 2. The van der Waals surface area contributed by atoms with Crippen LogP contribution in [-0.4, -0.2) is 72.1 Å². The fraction of sp³-hybridized carbons (Fsp3) is 0.737. The highest BCUT2D eigenvalue weighted by Gasteiger charge is 2.47. The van der Waals surface area contributed by atoms with Gasteiger partial charge in [0.05, 0.1) is 18.1 Å². The van der Waals surface area contributed by atoms with Crippen molar-refractivity contribution in [1.82, 2.24) is 30.3 Å². The Labute approximate surface area is 180 Å². The van der Waals surface area contributed by atoms with Crippen molar-refractivity contribution in [2.45, 2.75) is 69.9 Å². The monoisotopic (exact) mass is 437 g/mol. The van der Waals surface area contributed by atoms with E-state index in [1.807, 2.05) is 6.92 Å². The highest BCUT2D eigenvalue weighted by Crippen LogP contribution is 2.37. The van der Waals surface area contributed by atoms with Gasteiger partial charge in [0, 0.05) is 18.8 Å². The molecule has 2 heterocycles. The van der Waals surface area contributed by atoms with Crippen molar-refractivity contribution in [2.75, 3.05) is 24.2 Å². The summed E-state index contributed by atoms with van der Waals surface area (Å²) in [6.07, 6.45) is 0.994. The lowest BCUT2D eigenvalue weighted by Gasteiger charge is -2.17. The predicted molar refractivity (Wildman–Crippen MR) is 115 cm³/mol. The van der Waals surface area contributed by atoms with Crippen LogP contribution < -0.4 is 10.6 Å². The van der Waals surface area contributed by atoms with Gasteiger partial charge in [0.1, 0.15) is 6.10 Å². The molecule has 1 aliphatic rings. The van der Waals surface area contributed by atoms with Gasteiger partial charge in [-0.15, -0.1) is 5.10 Å². The molecule has 10 nitrogen and oxygen atoms in total. The molecule has 0 spiro atoms. The lowest BCUT2D eigenvalue weighted by atomic mass is 10.0. The summed E-state index contributed by atoms with van der Waals surface area (Å²) in [5.41, 5.74) is 1.02. The maximum Gasteiger partial charge on any atom is 0.225 e. The number of fused-ring (bicyclic) bond motifs is 1. The number of aromatic nitrogens is 5. The van der Waals surface area contributed by atoms with Crippen molar-refractivity contribution >= 4 is 34.7 Å². The molecule has 1 amide bonds. The van der Waals surface area contributed by atoms with Crippen molar-refractivity contribution < 1.29 is 15.0 Å². The normalized spacial score (nSPS) is 23.8. The first kappa shape index (κ1) is 22.7. The Bertz CT molecular complexity index is 862. The largest absolute Gasteiger partial charge is 0.390 e. The third kappa shape index (κ3) is 4.68. The summed E-state index contributed by atoms with van der Waals surface area (Å²) in [5, 5.41) is 36.2. The van der Waals surface area contributed by atoms with Gasteiger partial charge >= 0.3 is 0 Å². The van der Waals surface area contributed by atoms with Crippen molar-refractivity contribution in [3.05, 3.63) is 0 Å². The number of amides is 1. The molecule has 0 radical (unpaired) electrons. The molecule has 1 aliphatic carbocycles. The van der Waals surface area contributed by atoms with Crippen LogP contribution in [0.2, 0.25) is 0 Å². The summed E-state index contributed by atoms with van der Waals surface area (Å²) < 4.78 is 1.53. The quantitative estimate of drug-likeness (QED) is 0.246. The Morgan fingerprint density at radius 1 is 1.20 bits per heavy atom. The summed E-state index contributed by atoms with van der Waals surface area (Å²) in [6.45, 7) is 7.26. The summed E-state index contributed by atoms with van der Waals surface area (Å²) >= 11 is 1.55. The molecule has 0 saturated heterocycles. The van der Waals surface area contributed by atoms with Gasteiger partial charge in [-0.05, 0) is 26.2 Å². The van der Waals surface area contributed by atoms with Gasteiger partial charge in [0.15, 0.2) is 22.1 Å². The van der Waals surface area contributed by atoms with Crippen LogP contribution in [-0.2, 0) is 4.79 Å². The molecule has 2 aromatic heterocycles. The Morgan fingerprint density at radius 2 is 2.00 bits per heavy atom. The average molecular weight is 438 g/mol. The van der Waals surface area contributed by atoms with Crippen molar-refractivity contribution in [2.24, 2.45) is 5.92 Å². The first-order chi connectivity index (χ1) is 14.5. The van der Waals surface area contributed by atoms with Gasteiger partial charge in [-0.25, -0.2) is 14.6 Å². The van der Waals surface area contributed by atoms with E-state index in [1.165, 1.54) is 4.68 Å². The molecule has 2 aromatic rings. The van der Waals surface area contributed by atoms with Gasteiger partial charge in [-0.2, -0.15) is 0 Å². The number of carbonyl (C=O) groups is 1. The van der Waals surface area contributed by atoms with Gasteiger partial charge in [-0.3, -0.25) is 4.79 Å². The zero-order chi connectivity index (χ0) is 21.7. The predicted octanol–water partition coefficient (Wildman–Crippen LogP) is 1.35. The molecule has 0 bridgehead atoms. The van der Waals surface area contributed by atoms with Crippen molar-refractivity contribution in [3.8, 4) is 0 Å². The fourth-order valence-corrected chi connectivity index (χ4v) is 4.31. The fourth-order valence-electron chi connectivity index (χ4n) is 3.61. The number of hydrogen-bond donors (Lipinski definition) is 4. The third-order valence-corrected chi connectivity index (χ3v) is 6.27. The van der Waals surface area contributed by atoms with Crippen molar-refractivity contribution in [1.29, 1.82) is 0 Å². The molecule has 1 fully saturated rings. The maximum atomic E-state index is 12.3. The second-order valence-corrected chi connectivity index (χ2v) is 8.54. The molecule has 166 valence electrons. The number of aliphatic hydroxyl groups is 2. The van der Waals surface area contributed by atoms with E-state index in [2.05, 4.69) is 44.8 Å². The van der Waals surface area contributed by atoms with Gasteiger partial charge in [0.2, 0.25) is 5.91 Å². The minimum Gasteiger partial charge on any atom is -0.390 e. The molecule has 11 heteroatoms. The van der Waals surface area contributed by atoms with Crippen LogP contribution in [0.4, 0.5) is 5.82 Å². The minimum absolute atomic E-state index is 0.257. The highest BCUT2D eigenvalue weighted by molar-refractivity contribution is 7.99. The SMILES string of the molecule is CCCCNc1nc(SCCC)nc2c1nnn2C1C[C@H](C(=O)NCC)C(O)C1O. The summed E-state index contributed by atoms with van der Waals surface area (Å²) in [5.74, 6) is 0.520. The number of nitrogens with one attached hydrogen (secondary N) is 2. The Kier molecular flexibility index (Phi) is 7.84. The third-order valence-electron chi connectivity index (χ3n) is 5.21. The van der Waals surface area contributed by atoms with E-state index in [0.29, 0.717) is 28.7 Å². The molecule has 1 saturated carbocycles. The number of anilines is 1. The van der Waals surface area contributed by atoms with E-state index in [4.69, 9.17) is 0 Å². The maximum absolute atomic E-state index is 12.3. The number of unbranched alkanes of at least 4 members (excludes halogenated alkanes) is 1. The molecule has 0 aliphatic heterocycles. The second-order valence-electron chi connectivity index (χ2n) is 7.48. The molecule has 3 rings (SSSR count). The number of nitrogens with zero attached hydrogens (tertiary/aromatic N) is 5. The van der Waals surface area contributed by atoms with Gasteiger partial charge in [0.25, 0.3) is 0 Å². The average Bonchev–Trinajstić information content (AvgIpc) is 3.28. The van der Waals surface area contributed by atoms with Crippen LogP contribution in [0.25, 0.3) is 11.2 Å². The topological polar surface area (TPSA) is 138 Å².